The van der Waals surface area contributed by atoms with Crippen molar-refractivity contribution in [3.05, 3.63) is 69.9 Å². The molecule has 0 heterocycles. The molecule has 162 valence electrons. The topological polar surface area (TPSA) is 49.4 Å². The lowest BCUT2D eigenvalue weighted by Crippen LogP contribution is -2.50. The van der Waals surface area contributed by atoms with Crippen LogP contribution in [-0.2, 0) is 21.9 Å². The highest BCUT2D eigenvalue weighted by atomic mass is 79.9. The lowest BCUT2D eigenvalue weighted by molar-refractivity contribution is -0.138. The average molecular weight is 495 g/mol. The third kappa shape index (κ3) is 7.43. The number of rotatable bonds is 10. The normalized spacial score (nSPS) is 12.8. The lowest BCUT2D eigenvalue weighted by atomic mass is 10.1. The van der Waals surface area contributed by atoms with Crippen LogP contribution in [0.15, 0.2) is 53.0 Å². The van der Waals surface area contributed by atoms with Crippen LogP contribution in [0.2, 0.25) is 0 Å². The van der Waals surface area contributed by atoms with Crippen LogP contribution in [0.4, 0.5) is 4.39 Å². The van der Waals surface area contributed by atoms with E-state index in [9.17, 15) is 14.0 Å². The second-order valence-corrected chi connectivity index (χ2v) is 9.13. The molecule has 2 unspecified atom stereocenters. The van der Waals surface area contributed by atoms with E-state index in [1.165, 1.54) is 17.8 Å². The van der Waals surface area contributed by atoms with Gasteiger partial charge in [0.05, 0.1) is 5.75 Å². The molecule has 2 aromatic rings. The molecule has 0 radical (unpaired) electrons. The summed E-state index contributed by atoms with van der Waals surface area (Å²) in [6.07, 6.45) is 0.817. The molecule has 2 amide bonds. The van der Waals surface area contributed by atoms with Crippen molar-refractivity contribution in [2.24, 2.45) is 0 Å². The zero-order chi connectivity index (χ0) is 22.1. The number of thioether (sulfide) groups is 1. The highest BCUT2D eigenvalue weighted by Crippen LogP contribution is 2.19. The second-order valence-electron chi connectivity index (χ2n) is 7.23. The first-order chi connectivity index (χ1) is 14.3. The average Bonchev–Trinajstić information content (AvgIpc) is 2.73. The van der Waals surface area contributed by atoms with Gasteiger partial charge >= 0.3 is 0 Å². The predicted molar refractivity (Wildman–Crippen MR) is 125 cm³/mol. The molecule has 0 bridgehead atoms. The van der Waals surface area contributed by atoms with Gasteiger partial charge in [0.2, 0.25) is 11.8 Å². The summed E-state index contributed by atoms with van der Waals surface area (Å²) >= 11 is 4.76. The molecular formula is C23H28BrFN2O2S. The largest absolute Gasteiger partial charge is 0.352 e. The number of amides is 2. The van der Waals surface area contributed by atoms with Crippen LogP contribution in [0.3, 0.4) is 0 Å². The summed E-state index contributed by atoms with van der Waals surface area (Å²) < 4.78 is 14.8. The van der Waals surface area contributed by atoms with Gasteiger partial charge < -0.3 is 10.2 Å². The van der Waals surface area contributed by atoms with Crippen LogP contribution in [0.1, 0.15) is 38.3 Å². The molecule has 2 rings (SSSR count). The maximum Gasteiger partial charge on any atom is 0.242 e. The zero-order valence-electron chi connectivity index (χ0n) is 17.5. The van der Waals surface area contributed by atoms with Crippen LogP contribution in [0.25, 0.3) is 0 Å². The number of hydrogen-bond acceptors (Lipinski definition) is 3. The number of nitrogens with zero attached hydrogens (tertiary/aromatic N) is 1. The van der Waals surface area contributed by atoms with Crippen LogP contribution in [0, 0.1) is 5.82 Å². The summed E-state index contributed by atoms with van der Waals surface area (Å²) in [7, 11) is 0. The predicted octanol–water partition coefficient (Wildman–Crippen LogP) is 5.15. The first-order valence-electron chi connectivity index (χ1n) is 9.97. The fraction of sp³-hybridized carbons (Fsp3) is 0.391. The quantitative estimate of drug-likeness (QED) is 0.496. The minimum atomic E-state index is -0.607. The summed E-state index contributed by atoms with van der Waals surface area (Å²) in [5, 5.41) is 2.95. The Balaban J connectivity index is 2.08. The highest BCUT2D eigenvalue weighted by Gasteiger charge is 2.26. The smallest absolute Gasteiger partial charge is 0.242 e. The number of carbonyl (C=O) groups excluding carboxylic acids is 2. The summed E-state index contributed by atoms with van der Waals surface area (Å²) in [5.74, 6) is -0.0190. The molecule has 0 spiro atoms. The van der Waals surface area contributed by atoms with E-state index in [1.54, 1.807) is 30.0 Å². The standard InChI is InChI=1S/C23H28BrFN2O2S/c1-4-16(2)26-23(29)17(3)27(13-18-9-11-20(24)12-10-18)22(28)15-30-14-19-7-5-6-8-21(19)25/h5-12,16-17H,4,13-15H2,1-3H3,(H,26,29). The van der Waals surface area contributed by atoms with E-state index in [2.05, 4.69) is 21.2 Å². The molecular weight excluding hydrogens is 467 g/mol. The molecule has 2 aromatic carbocycles. The van der Waals surface area contributed by atoms with E-state index < -0.39 is 6.04 Å². The van der Waals surface area contributed by atoms with Gasteiger partial charge in [0, 0.05) is 22.8 Å². The molecule has 0 aliphatic carbocycles. The summed E-state index contributed by atoms with van der Waals surface area (Å²) in [5.41, 5.74) is 1.51. The Morgan fingerprint density at radius 3 is 2.43 bits per heavy atom. The van der Waals surface area contributed by atoms with Gasteiger partial charge in [-0.2, -0.15) is 0 Å². The third-order valence-corrected chi connectivity index (χ3v) is 6.37. The van der Waals surface area contributed by atoms with Crippen molar-refractivity contribution in [2.45, 2.75) is 51.6 Å². The lowest BCUT2D eigenvalue weighted by Gasteiger charge is -2.29. The Kier molecular flexibility index (Phi) is 9.85. The molecule has 0 saturated heterocycles. The molecule has 7 heteroatoms. The van der Waals surface area contributed by atoms with Crippen molar-refractivity contribution in [3.63, 3.8) is 0 Å². The molecule has 4 nitrogen and oxygen atoms in total. The second kappa shape index (κ2) is 12.1. The molecule has 1 N–H and O–H groups in total. The monoisotopic (exact) mass is 494 g/mol. The zero-order valence-corrected chi connectivity index (χ0v) is 19.9. The third-order valence-electron chi connectivity index (χ3n) is 4.88. The van der Waals surface area contributed by atoms with Crippen LogP contribution in [0.5, 0.6) is 0 Å². The summed E-state index contributed by atoms with van der Waals surface area (Å²) in [6, 6.07) is 13.7. The Morgan fingerprint density at radius 2 is 1.80 bits per heavy atom. The van der Waals surface area contributed by atoms with E-state index in [-0.39, 0.29) is 29.4 Å². The van der Waals surface area contributed by atoms with Crippen LogP contribution in [-0.4, -0.2) is 34.6 Å². The van der Waals surface area contributed by atoms with Gasteiger partial charge in [0.1, 0.15) is 11.9 Å². The SMILES string of the molecule is CCC(C)NC(=O)C(C)N(Cc1ccc(Br)cc1)C(=O)CSCc1ccccc1F. The van der Waals surface area contributed by atoms with E-state index in [0.29, 0.717) is 17.9 Å². The first kappa shape index (κ1) is 24.4. The molecule has 0 saturated carbocycles. The van der Waals surface area contributed by atoms with E-state index in [0.717, 1.165) is 16.5 Å². The van der Waals surface area contributed by atoms with Gasteiger partial charge in [-0.25, -0.2) is 4.39 Å². The van der Waals surface area contributed by atoms with Crippen LogP contribution < -0.4 is 5.32 Å². The Labute approximate surface area is 190 Å². The molecule has 0 aliphatic rings. The summed E-state index contributed by atoms with van der Waals surface area (Å²) in [4.78, 5) is 27.3. The number of hydrogen-bond donors (Lipinski definition) is 1. The minimum absolute atomic E-state index is 0.0417. The molecule has 2 atom stereocenters. The van der Waals surface area contributed by atoms with Crippen molar-refractivity contribution in [2.75, 3.05) is 5.75 Å². The van der Waals surface area contributed by atoms with Gasteiger partial charge in [-0.15, -0.1) is 11.8 Å². The van der Waals surface area contributed by atoms with Gasteiger partial charge in [-0.3, -0.25) is 9.59 Å². The van der Waals surface area contributed by atoms with Gasteiger partial charge in [-0.05, 0) is 49.6 Å². The molecule has 0 fully saturated rings. The maximum atomic E-state index is 13.8. The van der Waals surface area contributed by atoms with E-state index in [1.807, 2.05) is 38.1 Å². The Hall–Kier alpha value is -1.86. The summed E-state index contributed by atoms with van der Waals surface area (Å²) in [6.45, 7) is 6.02. The van der Waals surface area contributed by atoms with Crippen LogP contribution >= 0.6 is 27.7 Å². The van der Waals surface area contributed by atoms with Gasteiger partial charge in [0.25, 0.3) is 0 Å². The van der Waals surface area contributed by atoms with E-state index in [4.69, 9.17) is 0 Å². The Morgan fingerprint density at radius 1 is 1.13 bits per heavy atom. The fourth-order valence-corrected chi connectivity index (χ4v) is 3.94. The first-order valence-corrected chi connectivity index (χ1v) is 11.9. The Bertz CT molecular complexity index is 847. The molecule has 0 aromatic heterocycles. The maximum absolute atomic E-state index is 13.8. The van der Waals surface area contributed by atoms with Crippen molar-refractivity contribution in [3.8, 4) is 0 Å². The number of carbonyl (C=O) groups is 2. The fourth-order valence-electron chi connectivity index (χ4n) is 2.78. The van der Waals surface area contributed by atoms with Crippen molar-refractivity contribution < 1.29 is 14.0 Å². The number of benzene rings is 2. The van der Waals surface area contributed by atoms with Crippen molar-refractivity contribution in [1.82, 2.24) is 10.2 Å². The minimum Gasteiger partial charge on any atom is -0.352 e. The number of halogens is 2. The molecule has 0 aliphatic heterocycles. The molecule has 30 heavy (non-hydrogen) atoms. The van der Waals surface area contributed by atoms with Gasteiger partial charge in [0.15, 0.2) is 0 Å². The van der Waals surface area contributed by atoms with Gasteiger partial charge in [-0.1, -0.05) is 53.2 Å². The van der Waals surface area contributed by atoms with Crippen molar-refractivity contribution in [1.29, 1.82) is 0 Å². The van der Waals surface area contributed by atoms with E-state index >= 15 is 0 Å². The van der Waals surface area contributed by atoms with Crippen molar-refractivity contribution >= 4 is 39.5 Å². The number of nitrogens with one attached hydrogen (secondary N) is 1. The highest BCUT2D eigenvalue weighted by molar-refractivity contribution is 9.10.